The van der Waals surface area contributed by atoms with E-state index in [-0.39, 0.29) is 6.10 Å². The molecule has 2 saturated carbocycles. The number of hydrogen-bond donors (Lipinski definition) is 1. The first-order chi connectivity index (χ1) is 10.5. The Hall–Kier alpha value is -0.820. The number of fused-ring (bicyclic) bond motifs is 5. The summed E-state index contributed by atoms with van der Waals surface area (Å²) in [5.41, 5.74) is 3.82. The normalized spacial score (nSPS) is 50.3. The minimum Gasteiger partial charge on any atom is -0.393 e. The summed E-state index contributed by atoms with van der Waals surface area (Å²) in [4.78, 5) is 0. The van der Waals surface area contributed by atoms with Gasteiger partial charge in [-0.2, -0.15) is 0 Å². The quantitative estimate of drug-likeness (QED) is 0.673. The van der Waals surface area contributed by atoms with Gasteiger partial charge in [-0.1, -0.05) is 44.2 Å². The van der Waals surface area contributed by atoms with Gasteiger partial charge in [0.1, 0.15) is 0 Å². The van der Waals surface area contributed by atoms with E-state index in [1.807, 2.05) is 0 Å². The average Bonchev–Trinajstić information content (AvgIpc) is 2.84. The van der Waals surface area contributed by atoms with E-state index < -0.39 is 0 Å². The molecule has 2 fully saturated rings. The zero-order chi connectivity index (χ0) is 15.5. The van der Waals surface area contributed by atoms with Crippen molar-refractivity contribution in [2.45, 2.75) is 64.9 Å². The third-order valence-corrected chi connectivity index (χ3v) is 7.94. The van der Waals surface area contributed by atoms with Gasteiger partial charge in [-0.15, -0.1) is 0 Å². The smallest absolute Gasteiger partial charge is 0.0577 e. The number of hydrogen-bond acceptors (Lipinski definition) is 1. The molecule has 1 nitrogen and oxygen atoms in total. The van der Waals surface area contributed by atoms with Crippen molar-refractivity contribution in [1.82, 2.24) is 0 Å². The molecule has 120 valence electrons. The molecular weight excluding hydrogens is 268 g/mol. The van der Waals surface area contributed by atoms with Crippen LogP contribution in [0.15, 0.2) is 36.0 Å². The third kappa shape index (κ3) is 1.81. The van der Waals surface area contributed by atoms with Crippen molar-refractivity contribution >= 4 is 0 Å². The van der Waals surface area contributed by atoms with Gasteiger partial charge in [0.05, 0.1) is 6.10 Å². The molecule has 6 atom stereocenters. The summed E-state index contributed by atoms with van der Waals surface area (Å²) in [5.74, 6) is 2.47. The maximum absolute atomic E-state index is 10.1. The Balaban J connectivity index is 1.68. The van der Waals surface area contributed by atoms with Crippen molar-refractivity contribution in [3.05, 3.63) is 36.0 Å². The Morgan fingerprint density at radius 3 is 2.64 bits per heavy atom. The highest BCUT2D eigenvalue weighted by molar-refractivity contribution is 5.34. The number of aliphatic hydroxyl groups excluding tert-OH is 1. The minimum absolute atomic E-state index is 0.0924. The molecule has 0 amide bonds. The summed E-state index contributed by atoms with van der Waals surface area (Å²) in [6.07, 6.45) is 15.3. The van der Waals surface area contributed by atoms with Crippen molar-refractivity contribution < 1.29 is 5.11 Å². The predicted molar refractivity (Wildman–Crippen MR) is 91.4 cm³/mol. The van der Waals surface area contributed by atoms with E-state index in [2.05, 4.69) is 38.7 Å². The molecule has 0 spiro atoms. The van der Waals surface area contributed by atoms with Crippen molar-refractivity contribution in [3.63, 3.8) is 0 Å². The third-order valence-electron chi connectivity index (χ3n) is 7.94. The second kappa shape index (κ2) is 4.84. The minimum atomic E-state index is -0.0924. The van der Waals surface area contributed by atoms with Gasteiger partial charge in [-0.3, -0.25) is 0 Å². The molecule has 0 radical (unpaired) electrons. The Kier molecular flexibility index (Phi) is 3.24. The van der Waals surface area contributed by atoms with Gasteiger partial charge < -0.3 is 5.11 Å². The van der Waals surface area contributed by atoms with Crippen LogP contribution in [-0.4, -0.2) is 11.2 Å². The lowest BCUT2D eigenvalue weighted by molar-refractivity contribution is -0.0284. The van der Waals surface area contributed by atoms with E-state index in [4.69, 9.17) is 0 Å². The Morgan fingerprint density at radius 2 is 1.86 bits per heavy atom. The summed E-state index contributed by atoms with van der Waals surface area (Å²) in [7, 11) is 0. The Labute approximate surface area is 135 Å². The molecule has 0 aromatic heterocycles. The van der Waals surface area contributed by atoms with Crippen molar-refractivity contribution in [3.8, 4) is 0 Å². The molecule has 0 saturated heterocycles. The van der Waals surface area contributed by atoms with Crippen molar-refractivity contribution in [2.24, 2.45) is 28.6 Å². The summed E-state index contributed by atoms with van der Waals surface area (Å²) in [5, 5.41) is 10.1. The predicted octanol–water partition coefficient (Wildman–Crippen LogP) is 5.03. The molecule has 0 aromatic carbocycles. The molecule has 4 aliphatic carbocycles. The van der Waals surface area contributed by atoms with Crippen LogP contribution >= 0.6 is 0 Å². The van der Waals surface area contributed by atoms with Crippen LogP contribution in [0.4, 0.5) is 0 Å². The van der Waals surface area contributed by atoms with Crippen molar-refractivity contribution in [2.75, 3.05) is 0 Å². The van der Waals surface area contributed by atoms with Gasteiger partial charge in [0.25, 0.3) is 0 Å². The molecule has 4 aliphatic rings. The van der Waals surface area contributed by atoms with Gasteiger partial charge in [-0.05, 0) is 79.1 Å². The van der Waals surface area contributed by atoms with E-state index in [0.29, 0.717) is 10.8 Å². The molecule has 4 rings (SSSR count). The molecular formula is C21H30O. The fourth-order valence-electron chi connectivity index (χ4n) is 6.56. The topological polar surface area (TPSA) is 20.2 Å². The van der Waals surface area contributed by atoms with Crippen LogP contribution in [0.25, 0.3) is 0 Å². The van der Waals surface area contributed by atoms with Crippen molar-refractivity contribution in [1.29, 1.82) is 0 Å². The highest BCUT2D eigenvalue weighted by Crippen LogP contribution is 2.64. The largest absolute Gasteiger partial charge is 0.393 e. The fraction of sp³-hybridized carbons (Fsp3) is 0.714. The first-order valence-electron chi connectivity index (χ1n) is 9.19. The number of allylic oxidation sites excluding steroid dienone is 4. The summed E-state index contributed by atoms with van der Waals surface area (Å²) in [6.45, 7) is 9.05. The molecule has 22 heavy (non-hydrogen) atoms. The number of rotatable bonds is 1. The van der Waals surface area contributed by atoms with Gasteiger partial charge in [0, 0.05) is 0 Å². The van der Waals surface area contributed by atoms with Gasteiger partial charge >= 0.3 is 0 Å². The highest BCUT2D eigenvalue weighted by Gasteiger charge is 2.56. The first-order valence-corrected chi connectivity index (χ1v) is 9.19. The van der Waals surface area contributed by atoms with Crippen LogP contribution in [0.3, 0.4) is 0 Å². The summed E-state index contributed by atoms with van der Waals surface area (Å²) >= 11 is 0. The zero-order valence-corrected chi connectivity index (χ0v) is 14.1. The molecule has 1 N–H and O–H groups in total. The average molecular weight is 298 g/mol. The van der Waals surface area contributed by atoms with Crippen LogP contribution in [0.2, 0.25) is 0 Å². The second-order valence-corrected chi connectivity index (χ2v) is 8.71. The van der Waals surface area contributed by atoms with E-state index >= 15 is 0 Å². The Bertz CT molecular complexity index is 556. The van der Waals surface area contributed by atoms with Gasteiger partial charge in [0.2, 0.25) is 0 Å². The van der Waals surface area contributed by atoms with Gasteiger partial charge in [0.15, 0.2) is 0 Å². The molecule has 0 aliphatic heterocycles. The molecule has 0 heterocycles. The van der Waals surface area contributed by atoms with E-state index in [1.54, 1.807) is 5.57 Å². The van der Waals surface area contributed by atoms with Crippen LogP contribution < -0.4 is 0 Å². The molecule has 0 aromatic rings. The molecule has 0 bridgehead atoms. The van der Waals surface area contributed by atoms with Crippen LogP contribution in [0, 0.1) is 28.6 Å². The lowest BCUT2D eigenvalue weighted by Crippen LogP contribution is -2.49. The lowest BCUT2D eigenvalue weighted by atomic mass is 9.47. The maximum Gasteiger partial charge on any atom is 0.0577 e. The maximum atomic E-state index is 10.1. The monoisotopic (exact) mass is 298 g/mol. The lowest BCUT2D eigenvalue weighted by Gasteiger charge is -2.57. The van der Waals surface area contributed by atoms with E-state index in [9.17, 15) is 5.11 Å². The zero-order valence-electron chi connectivity index (χ0n) is 14.1. The fourth-order valence-corrected chi connectivity index (χ4v) is 6.56. The Morgan fingerprint density at radius 1 is 1.09 bits per heavy atom. The SMILES string of the molecule is C=CC1=CCC2C3CC=C4CC(O)CC[C@]4(C)C3CC[C@]12C. The van der Waals surface area contributed by atoms with Crippen LogP contribution in [0.1, 0.15) is 58.8 Å². The highest BCUT2D eigenvalue weighted by atomic mass is 16.3. The van der Waals surface area contributed by atoms with E-state index in [1.165, 1.54) is 37.7 Å². The van der Waals surface area contributed by atoms with Crippen LogP contribution in [-0.2, 0) is 0 Å². The van der Waals surface area contributed by atoms with E-state index in [0.717, 1.165) is 30.6 Å². The van der Waals surface area contributed by atoms with Crippen LogP contribution in [0.5, 0.6) is 0 Å². The first kappa shape index (κ1) is 14.8. The summed E-state index contributed by atoms with van der Waals surface area (Å²) < 4.78 is 0. The number of aliphatic hydroxyl groups is 1. The molecule has 1 heteroatoms. The second-order valence-electron chi connectivity index (χ2n) is 8.71. The van der Waals surface area contributed by atoms with Gasteiger partial charge in [-0.25, -0.2) is 0 Å². The molecule has 4 unspecified atom stereocenters. The standard InChI is InChI=1S/C21H30O/c1-4-14-6-8-18-17-7-5-15-13-16(22)9-11-21(15,3)19(17)10-12-20(14,18)2/h4-6,16-19,22H,1,7-13H2,2-3H3/t16?,17?,18?,19?,20-,21+/m1/s1. The summed E-state index contributed by atoms with van der Waals surface area (Å²) in [6, 6.07) is 0.